The molecule has 1 radical (unpaired) electrons. The van der Waals surface area contributed by atoms with Gasteiger partial charge in [-0.15, -0.1) is 0 Å². The standard InChI is InChI=1S/C27H42ClF2Si/c1-2-3-6-17-31-18-15-23(16-19-31)22-11-9-21(10-12-22)7-4-5-8-24-13-14-26(28)27(30)25(24)20-29/h13-14,21-23H,2-12,15-20H2,1H3. The molecule has 0 amide bonds. The molecular weight excluding hydrogens is 426 g/mol. The van der Waals surface area contributed by atoms with Gasteiger partial charge in [-0.05, 0) is 55.1 Å². The normalized spacial score (nSPS) is 23.4. The third-order valence-electron chi connectivity index (χ3n) is 8.16. The van der Waals surface area contributed by atoms with Crippen molar-refractivity contribution in [1.82, 2.24) is 0 Å². The zero-order valence-electron chi connectivity index (χ0n) is 19.5. The van der Waals surface area contributed by atoms with E-state index in [2.05, 4.69) is 6.92 Å². The highest BCUT2D eigenvalue weighted by Crippen LogP contribution is 2.42. The van der Waals surface area contributed by atoms with E-state index in [1.165, 1.54) is 64.2 Å². The molecule has 1 aromatic rings. The van der Waals surface area contributed by atoms with E-state index in [1.807, 2.05) is 0 Å². The van der Waals surface area contributed by atoms with Crippen molar-refractivity contribution in [2.75, 3.05) is 0 Å². The molecule has 0 bridgehead atoms. The van der Waals surface area contributed by atoms with Gasteiger partial charge in [-0.3, -0.25) is 0 Å². The Morgan fingerprint density at radius 2 is 1.65 bits per heavy atom. The van der Waals surface area contributed by atoms with E-state index < -0.39 is 12.5 Å². The highest BCUT2D eigenvalue weighted by atomic mass is 35.5. The number of benzene rings is 1. The maximum atomic E-state index is 14.0. The molecule has 1 aromatic carbocycles. The first-order chi connectivity index (χ1) is 15.1. The second kappa shape index (κ2) is 13.3. The molecule has 4 heteroatoms. The van der Waals surface area contributed by atoms with Crippen molar-refractivity contribution in [1.29, 1.82) is 0 Å². The minimum Gasteiger partial charge on any atom is -0.246 e. The molecule has 3 rings (SSSR count). The van der Waals surface area contributed by atoms with Crippen LogP contribution >= 0.6 is 11.6 Å². The minimum atomic E-state index is -0.770. The van der Waals surface area contributed by atoms with Crippen LogP contribution in [0.4, 0.5) is 8.78 Å². The molecule has 175 valence electrons. The first-order valence-corrected chi connectivity index (χ1v) is 15.5. The zero-order valence-corrected chi connectivity index (χ0v) is 21.3. The number of halogens is 3. The minimum absolute atomic E-state index is 0.00312. The third-order valence-corrected chi connectivity index (χ3v) is 11.5. The lowest BCUT2D eigenvalue weighted by molar-refractivity contribution is 0.184. The lowest BCUT2D eigenvalue weighted by Gasteiger charge is -2.37. The summed E-state index contributed by atoms with van der Waals surface area (Å²) in [5.74, 6) is 2.33. The smallest absolute Gasteiger partial charge is 0.147 e. The first kappa shape index (κ1) is 25.2. The quantitative estimate of drug-likeness (QED) is 0.224. The van der Waals surface area contributed by atoms with Crippen LogP contribution < -0.4 is 0 Å². The molecule has 31 heavy (non-hydrogen) atoms. The van der Waals surface area contributed by atoms with Crippen molar-refractivity contribution < 1.29 is 8.78 Å². The van der Waals surface area contributed by atoms with Gasteiger partial charge in [-0.25, -0.2) is 8.78 Å². The fourth-order valence-electron chi connectivity index (χ4n) is 6.10. The molecule has 0 nitrogen and oxygen atoms in total. The van der Waals surface area contributed by atoms with E-state index >= 15 is 0 Å². The van der Waals surface area contributed by atoms with Crippen LogP contribution in [-0.2, 0) is 13.1 Å². The van der Waals surface area contributed by atoms with E-state index in [-0.39, 0.29) is 19.4 Å². The highest BCUT2D eigenvalue weighted by Gasteiger charge is 2.31. The Bertz CT molecular complexity index is 649. The van der Waals surface area contributed by atoms with Crippen LogP contribution in [-0.4, -0.2) is 8.80 Å². The summed E-state index contributed by atoms with van der Waals surface area (Å²) >= 11 is 5.79. The molecule has 1 saturated carbocycles. The summed E-state index contributed by atoms with van der Waals surface area (Å²) in [5, 5.41) is 0.0276. The largest absolute Gasteiger partial charge is 0.246 e. The Morgan fingerprint density at radius 3 is 2.32 bits per heavy atom. The summed E-state index contributed by atoms with van der Waals surface area (Å²) in [4.78, 5) is 0. The molecule has 1 heterocycles. The molecule has 0 unspecified atom stereocenters. The Hall–Kier alpha value is -0.413. The fourth-order valence-corrected chi connectivity index (χ4v) is 9.34. The van der Waals surface area contributed by atoms with E-state index in [9.17, 15) is 8.78 Å². The van der Waals surface area contributed by atoms with Gasteiger partial charge in [-0.2, -0.15) is 0 Å². The molecule has 0 atom stereocenters. The van der Waals surface area contributed by atoms with Gasteiger partial charge in [-0.1, -0.05) is 101 Å². The maximum absolute atomic E-state index is 14.0. The molecule has 0 aromatic heterocycles. The van der Waals surface area contributed by atoms with Crippen LogP contribution in [0.2, 0.25) is 23.2 Å². The van der Waals surface area contributed by atoms with Crippen LogP contribution in [0.1, 0.15) is 95.1 Å². The first-order valence-electron chi connectivity index (χ1n) is 13.0. The van der Waals surface area contributed by atoms with E-state index in [0.29, 0.717) is 0 Å². The van der Waals surface area contributed by atoms with Crippen LogP contribution in [0, 0.1) is 23.6 Å². The lowest BCUT2D eigenvalue weighted by Crippen LogP contribution is -2.28. The van der Waals surface area contributed by atoms with Crippen LogP contribution in [0.15, 0.2) is 12.1 Å². The summed E-state index contributed by atoms with van der Waals surface area (Å²) in [5.41, 5.74) is 0.955. The molecule has 0 spiro atoms. The summed E-state index contributed by atoms with van der Waals surface area (Å²) in [7, 11) is -0.00312. The molecule has 0 N–H and O–H groups in total. The zero-order chi connectivity index (χ0) is 22.1. The monoisotopic (exact) mass is 467 g/mol. The maximum Gasteiger partial charge on any atom is 0.147 e. The van der Waals surface area contributed by atoms with Crippen molar-refractivity contribution >= 4 is 20.4 Å². The van der Waals surface area contributed by atoms with Gasteiger partial charge in [0.2, 0.25) is 0 Å². The number of unbranched alkanes of at least 4 members (excludes halogenated alkanes) is 3. The molecule has 1 aliphatic carbocycles. The lowest BCUT2D eigenvalue weighted by atomic mass is 9.73. The second-order valence-corrected chi connectivity index (χ2v) is 13.6. The predicted molar refractivity (Wildman–Crippen MR) is 132 cm³/mol. The predicted octanol–water partition coefficient (Wildman–Crippen LogP) is 9.56. The molecular formula is C27H42ClF2Si. The molecule has 1 saturated heterocycles. The van der Waals surface area contributed by atoms with Crippen molar-refractivity contribution in [2.24, 2.45) is 17.8 Å². The molecule has 2 aliphatic rings. The van der Waals surface area contributed by atoms with Crippen molar-refractivity contribution in [2.45, 2.75) is 115 Å². The summed E-state index contributed by atoms with van der Waals surface area (Å²) in [6.45, 7) is 1.54. The van der Waals surface area contributed by atoms with Crippen molar-refractivity contribution in [3.63, 3.8) is 0 Å². The highest BCUT2D eigenvalue weighted by molar-refractivity contribution is 6.58. The number of aryl methyl sites for hydroxylation is 1. The third kappa shape index (κ3) is 7.56. The Kier molecular flexibility index (Phi) is 10.8. The average molecular weight is 468 g/mol. The molecule has 1 aliphatic heterocycles. The van der Waals surface area contributed by atoms with Gasteiger partial charge < -0.3 is 0 Å². The van der Waals surface area contributed by atoms with Crippen LogP contribution in [0.5, 0.6) is 0 Å². The summed E-state index contributed by atoms with van der Waals surface area (Å²) < 4.78 is 27.2. The topological polar surface area (TPSA) is 0 Å². The van der Waals surface area contributed by atoms with Gasteiger partial charge in [0.15, 0.2) is 0 Å². The van der Waals surface area contributed by atoms with Gasteiger partial charge in [0.05, 0.1) is 5.02 Å². The molecule has 2 fully saturated rings. The van der Waals surface area contributed by atoms with Crippen LogP contribution in [0.3, 0.4) is 0 Å². The Balaban J connectivity index is 1.30. The fraction of sp³-hybridized carbons (Fsp3) is 0.778. The number of hydrogen-bond acceptors (Lipinski definition) is 0. The SMILES string of the molecule is CCCCC[Si]1CCC(C2CCC(CCCCc3ccc(Cl)c(F)c3CF)CC2)CC1. The Morgan fingerprint density at radius 1 is 0.935 bits per heavy atom. The van der Waals surface area contributed by atoms with Gasteiger partial charge in [0.1, 0.15) is 12.5 Å². The van der Waals surface area contributed by atoms with Crippen molar-refractivity contribution in [3.05, 3.63) is 34.1 Å². The van der Waals surface area contributed by atoms with Crippen LogP contribution in [0.25, 0.3) is 0 Å². The van der Waals surface area contributed by atoms with E-state index in [4.69, 9.17) is 11.6 Å². The van der Waals surface area contributed by atoms with Gasteiger partial charge in [0.25, 0.3) is 0 Å². The average Bonchev–Trinajstić information content (AvgIpc) is 2.80. The summed E-state index contributed by atoms with van der Waals surface area (Å²) in [6.07, 6.45) is 17.3. The number of rotatable bonds is 11. The number of hydrogen-bond donors (Lipinski definition) is 0. The van der Waals surface area contributed by atoms with E-state index in [1.54, 1.807) is 30.3 Å². The van der Waals surface area contributed by atoms with E-state index in [0.717, 1.165) is 42.6 Å². The van der Waals surface area contributed by atoms with Gasteiger partial charge in [0, 0.05) is 14.4 Å². The van der Waals surface area contributed by atoms with Gasteiger partial charge >= 0.3 is 0 Å². The summed E-state index contributed by atoms with van der Waals surface area (Å²) in [6, 6.07) is 8.11. The Labute approximate surface area is 196 Å². The number of alkyl halides is 1. The second-order valence-electron chi connectivity index (χ2n) is 10.2. The van der Waals surface area contributed by atoms with Crippen molar-refractivity contribution in [3.8, 4) is 0 Å².